The number of benzene rings is 1. The standard InChI is InChI=1S/C23H17N5OS/c1-29-19-8-6-15(20-9-7-16(11-24)30-20)10-18(19)28-23-21-17(14-4-2-3-5-14)12-25-22(21)26-13-27-23/h2,4-10,12-13H,3H2,1H3,(H2,25,26,27,28). The van der Waals surface area contributed by atoms with Gasteiger partial charge in [0.1, 0.15) is 34.5 Å². The van der Waals surface area contributed by atoms with Gasteiger partial charge in [0.15, 0.2) is 0 Å². The number of aromatic amines is 1. The minimum absolute atomic E-state index is 0.683. The van der Waals surface area contributed by atoms with Crippen molar-refractivity contribution >= 4 is 39.4 Å². The van der Waals surface area contributed by atoms with Gasteiger partial charge in [-0.2, -0.15) is 5.26 Å². The quantitative estimate of drug-likeness (QED) is 0.443. The maximum absolute atomic E-state index is 9.13. The van der Waals surface area contributed by atoms with E-state index < -0.39 is 0 Å². The SMILES string of the molecule is COc1ccc(-c2ccc(C#N)s2)cc1Nc1ncnc2[nH]cc(C3=CCC=C3)c12. The molecule has 0 amide bonds. The summed E-state index contributed by atoms with van der Waals surface area (Å²) in [6, 6.07) is 11.9. The molecule has 0 saturated heterocycles. The smallest absolute Gasteiger partial charge is 0.144 e. The van der Waals surface area contributed by atoms with Gasteiger partial charge in [-0.05, 0) is 47.9 Å². The van der Waals surface area contributed by atoms with E-state index in [4.69, 9.17) is 10.00 Å². The number of aromatic nitrogens is 3. The van der Waals surface area contributed by atoms with Crippen LogP contribution in [0.25, 0.3) is 27.0 Å². The van der Waals surface area contributed by atoms with E-state index in [1.54, 1.807) is 13.4 Å². The number of hydrogen-bond acceptors (Lipinski definition) is 6. The number of methoxy groups -OCH3 is 1. The Balaban J connectivity index is 1.59. The predicted octanol–water partition coefficient (Wildman–Crippen LogP) is 5.65. The van der Waals surface area contributed by atoms with E-state index in [0.717, 1.165) is 44.7 Å². The van der Waals surface area contributed by atoms with Crippen LogP contribution in [0.15, 0.2) is 61.1 Å². The molecule has 1 aliphatic carbocycles. The summed E-state index contributed by atoms with van der Waals surface area (Å²) in [7, 11) is 1.64. The summed E-state index contributed by atoms with van der Waals surface area (Å²) in [5, 5.41) is 13.5. The highest BCUT2D eigenvalue weighted by Crippen LogP contribution is 2.38. The molecular weight excluding hydrogens is 394 g/mol. The fraction of sp³-hybridized carbons (Fsp3) is 0.0870. The lowest BCUT2D eigenvalue weighted by Gasteiger charge is -2.13. The van der Waals surface area contributed by atoms with Crippen LogP contribution < -0.4 is 10.1 Å². The first kappa shape index (κ1) is 18.2. The van der Waals surface area contributed by atoms with Crippen LogP contribution in [0.4, 0.5) is 11.5 Å². The molecule has 0 fully saturated rings. The normalized spacial score (nSPS) is 12.7. The lowest BCUT2D eigenvalue weighted by atomic mass is 10.1. The van der Waals surface area contributed by atoms with Crippen molar-refractivity contribution in [3.05, 3.63) is 71.5 Å². The number of nitriles is 1. The van der Waals surface area contributed by atoms with Crippen molar-refractivity contribution in [2.45, 2.75) is 6.42 Å². The molecule has 6 nitrogen and oxygen atoms in total. The molecule has 0 aliphatic heterocycles. The number of rotatable bonds is 5. The Hall–Kier alpha value is -3.89. The topological polar surface area (TPSA) is 86.6 Å². The van der Waals surface area contributed by atoms with Gasteiger partial charge in [0.05, 0.1) is 18.2 Å². The van der Waals surface area contributed by atoms with Gasteiger partial charge in [0, 0.05) is 16.6 Å². The monoisotopic (exact) mass is 411 g/mol. The van der Waals surface area contributed by atoms with Crippen molar-refractivity contribution in [3.8, 4) is 22.3 Å². The van der Waals surface area contributed by atoms with Crippen LogP contribution in [0.5, 0.6) is 5.75 Å². The molecule has 0 saturated carbocycles. The van der Waals surface area contributed by atoms with E-state index in [0.29, 0.717) is 16.4 Å². The first-order valence-corrected chi connectivity index (χ1v) is 10.2. The first-order chi connectivity index (χ1) is 14.8. The van der Waals surface area contributed by atoms with Gasteiger partial charge in [0.25, 0.3) is 0 Å². The number of ether oxygens (including phenoxy) is 1. The molecule has 0 unspecified atom stereocenters. The number of H-pyrrole nitrogens is 1. The minimum Gasteiger partial charge on any atom is -0.495 e. The highest BCUT2D eigenvalue weighted by atomic mass is 32.1. The van der Waals surface area contributed by atoms with E-state index in [-0.39, 0.29) is 0 Å². The molecule has 3 heterocycles. The Labute approximate surface area is 177 Å². The van der Waals surface area contributed by atoms with Crippen molar-refractivity contribution in [2.24, 2.45) is 0 Å². The summed E-state index contributed by atoms with van der Waals surface area (Å²) in [6.07, 6.45) is 10.9. The van der Waals surface area contributed by atoms with Crippen molar-refractivity contribution < 1.29 is 4.74 Å². The van der Waals surface area contributed by atoms with E-state index in [1.807, 2.05) is 36.5 Å². The Morgan fingerprint density at radius 1 is 1.23 bits per heavy atom. The van der Waals surface area contributed by atoms with Crippen LogP contribution >= 0.6 is 11.3 Å². The number of hydrogen-bond donors (Lipinski definition) is 2. The van der Waals surface area contributed by atoms with Crippen LogP contribution in [0.3, 0.4) is 0 Å². The van der Waals surface area contributed by atoms with Crippen LogP contribution in [0, 0.1) is 11.3 Å². The van der Waals surface area contributed by atoms with Gasteiger partial charge in [-0.15, -0.1) is 11.3 Å². The number of fused-ring (bicyclic) bond motifs is 1. The van der Waals surface area contributed by atoms with E-state index in [9.17, 15) is 0 Å². The molecule has 1 aromatic carbocycles. The third-order valence-electron chi connectivity index (χ3n) is 5.01. The molecule has 146 valence electrons. The summed E-state index contributed by atoms with van der Waals surface area (Å²) in [5.74, 6) is 1.41. The van der Waals surface area contributed by atoms with Gasteiger partial charge < -0.3 is 15.0 Å². The summed E-state index contributed by atoms with van der Waals surface area (Å²) in [5.41, 5.74) is 4.79. The summed E-state index contributed by atoms with van der Waals surface area (Å²) < 4.78 is 5.57. The molecule has 0 atom stereocenters. The maximum Gasteiger partial charge on any atom is 0.144 e. The maximum atomic E-state index is 9.13. The zero-order chi connectivity index (χ0) is 20.5. The third-order valence-corrected chi connectivity index (χ3v) is 6.04. The Morgan fingerprint density at radius 2 is 2.17 bits per heavy atom. The molecule has 7 heteroatoms. The zero-order valence-electron chi connectivity index (χ0n) is 16.1. The second kappa shape index (κ2) is 7.50. The molecule has 0 bridgehead atoms. The van der Waals surface area contributed by atoms with Crippen molar-refractivity contribution in [3.63, 3.8) is 0 Å². The van der Waals surface area contributed by atoms with E-state index >= 15 is 0 Å². The molecular formula is C23H17N5OS. The highest BCUT2D eigenvalue weighted by Gasteiger charge is 2.16. The van der Waals surface area contributed by atoms with Gasteiger partial charge in [-0.3, -0.25) is 0 Å². The van der Waals surface area contributed by atoms with Crippen LogP contribution in [-0.2, 0) is 0 Å². The number of nitrogens with one attached hydrogen (secondary N) is 2. The first-order valence-electron chi connectivity index (χ1n) is 9.41. The number of anilines is 2. The van der Waals surface area contributed by atoms with Crippen LogP contribution in [-0.4, -0.2) is 22.1 Å². The second-order valence-corrected chi connectivity index (χ2v) is 7.85. The van der Waals surface area contributed by atoms with Gasteiger partial charge in [0.2, 0.25) is 0 Å². The fourth-order valence-corrected chi connectivity index (χ4v) is 4.38. The zero-order valence-corrected chi connectivity index (χ0v) is 17.0. The summed E-state index contributed by atoms with van der Waals surface area (Å²) in [4.78, 5) is 13.8. The largest absolute Gasteiger partial charge is 0.495 e. The third kappa shape index (κ3) is 3.13. The van der Waals surface area contributed by atoms with Gasteiger partial charge in [-0.25, -0.2) is 9.97 Å². The minimum atomic E-state index is 0.683. The molecule has 0 spiro atoms. The fourth-order valence-electron chi connectivity index (χ4n) is 3.58. The molecule has 2 N–H and O–H groups in total. The second-order valence-electron chi connectivity index (χ2n) is 6.76. The van der Waals surface area contributed by atoms with E-state index in [2.05, 4.69) is 44.6 Å². The highest BCUT2D eigenvalue weighted by molar-refractivity contribution is 7.16. The van der Waals surface area contributed by atoms with Crippen molar-refractivity contribution in [1.29, 1.82) is 5.26 Å². The Bertz CT molecular complexity index is 1360. The van der Waals surface area contributed by atoms with Crippen molar-refractivity contribution in [2.75, 3.05) is 12.4 Å². The number of allylic oxidation sites excluding steroid dienone is 4. The average Bonchev–Trinajstić information content (AvgIpc) is 3.54. The Kier molecular flexibility index (Phi) is 4.54. The van der Waals surface area contributed by atoms with Gasteiger partial charge >= 0.3 is 0 Å². The van der Waals surface area contributed by atoms with Crippen LogP contribution in [0.2, 0.25) is 0 Å². The summed E-state index contributed by atoms with van der Waals surface area (Å²) >= 11 is 1.46. The lowest BCUT2D eigenvalue weighted by Crippen LogP contribution is -1.99. The molecule has 3 aromatic heterocycles. The van der Waals surface area contributed by atoms with Gasteiger partial charge in [-0.1, -0.05) is 18.2 Å². The summed E-state index contributed by atoms with van der Waals surface area (Å²) in [6.45, 7) is 0. The predicted molar refractivity (Wildman–Crippen MR) is 120 cm³/mol. The van der Waals surface area contributed by atoms with E-state index in [1.165, 1.54) is 11.3 Å². The number of nitrogens with zero attached hydrogens (tertiary/aromatic N) is 3. The molecule has 4 aromatic rings. The van der Waals surface area contributed by atoms with Crippen LogP contribution in [0.1, 0.15) is 16.9 Å². The average molecular weight is 411 g/mol. The molecule has 5 rings (SSSR count). The molecule has 30 heavy (non-hydrogen) atoms. The molecule has 0 radical (unpaired) electrons. The Morgan fingerprint density at radius 3 is 2.93 bits per heavy atom. The van der Waals surface area contributed by atoms with Crippen molar-refractivity contribution in [1.82, 2.24) is 15.0 Å². The number of thiophene rings is 1. The molecule has 1 aliphatic rings. The lowest BCUT2D eigenvalue weighted by molar-refractivity contribution is 0.417.